The zero-order valence-corrected chi connectivity index (χ0v) is 7.64. The number of rotatable bonds is 3. The summed E-state index contributed by atoms with van der Waals surface area (Å²) in [7, 11) is 0. The molecular weight excluding hydrogens is 231 g/mol. The summed E-state index contributed by atoms with van der Waals surface area (Å²) < 4.78 is -0.264. The fraction of sp³-hybridized carbons (Fsp3) is 0.143. The van der Waals surface area contributed by atoms with E-state index in [1.165, 1.54) is 0 Å². The molecule has 0 saturated heterocycles. The van der Waals surface area contributed by atoms with Crippen LogP contribution in [0.5, 0.6) is 0 Å². The number of carbonyl (C=O) groups excluding carboxylic acids is 2. The van der Waals surface area contributed by atoms with Gasteiger partial charge in [0.25, 0.3) is 0 Å². The van der Waals surface area contributed by atoms with Crippen molar-refractivity contribution in [2.45, 2.75) is 5.52 Å². The van der Waals surface area contributed by atoms with Gasteiger partial charge >= 0.3 is 71.4 Å². The van der Waals surface area contributed by atoms with Crippen LogP contribution in [-0.4, -0.2) is 15.1 Å². The van der Waals surface area contributed by atoms with Gasteiger partial charge in [0.2, 0.25) is 0 Å². The topological polar surface area (TPSA) is 49.9 Å². The van der Waals surface area contributed by atoms with Crippen molar-refractivity contribution in [3.63, 3.8) is 0 Å². The second-order valence-electron chi connectivity index (χ2n) is 1.85. The van der Waals surface area contributed by atoms with Gasteiger partial charge < -0.3 is 0 Å². The van der Waals surface area contributed by atoms with Gasteiger partial charge in [-0.2, -0.15) is 0 Å². The van der Waals surface area contributed by atoms with E-state index in [0.717, 1.165) is 0 Å². The van der Waals surface area contributed by atoms with Crippen molar-refractivity contribution in [1.29, 1.82) is 0 Å². The minimum atomic E-state index is -0.452. The van der Waals surface area contributed by atoms with E-state index in [1.807, 2.05) is 0 Å². The molecule has 3 nitrogen and oxygen atoms in total. The summed E-state index contributed by atoms with van der Waals surface area (Å²) in [5.41, 5.74) is 2.15. The van der Waals surface area contributed by atoms with Crippen molar-refractivity contribution in [3.05, 3.63) is 24.0 Å². The van der Waals surface area contributed by atoms with Gasteiger partial charge in [-0.15, -0.1) is 0 Å². The summed E-state index contributed by atoms with van der Waals surface area (Å²) >= 11 is -0.452. The van der Waals surface area contributed by atoms with E-state index in [9.17, 15) is 9.59 Å². The normalized spacial score (nSPS) is 9.91. The Hall–Kier alpha value is -0.757. The van der Waals surface area contributed by atoms with Crippen molar-refractivity contribution in [2.24, 2.45) is 0 Å². The first kappa shape index (κ1) is 8.34. The standard InChI is InChI=1S/C6H4NO2.CH3.Ru/c8-4-6(9)5-2-1-3-7-5;;/h1-3,7H;1H3;. The molecule has 1 rings (SSSR count). The van der Waals surface area contributed by atoms with Crippen LogP contribution < -0.4 is 0 Å². The average Bonchev–Trinajstić information content (AvgIpc) is 2.53. The third-order valence-electron chi connectivity index (χ3n) is 1.18. The fourth-order valence-electron chi connectivity index (χ4n) is 0.654. The predicted octanol–water partition coefficient (Wildman–Crippen LogP) is 0.855. The molecule has 0 amide bonds. The van der Waals surface area contributed by atoms with Gasteiger partial charge in [0.05, 0.1) is 0 Å². The van der Waals surface area contributed by atoms with Crippen molar-refractivity contribution in [2.75, 3.05) is 0 Å². The summed E-state index contributed by atoms with van der Waals surface area (Å²) in [6.07, 6.45) is 1.63. The summed E-state index contributed by atoms with van der Waals surface area (Å²) in [4.78, 5) is 24.7. The molecule has 0 fully saturated rings. The summed E-state index contributed by atoms with van der Waals surface area (Å²) in [5, 5.41) is 0. The van der Waals surface area contributed by atoms with Crippen LogP contribution in [-0.2, 0) is 21.9 Å². The van der Waals surface area contributed by atoms with Crippen LogP contribution in [0.2, 0.25) is 5.52 Å². The Morgan fingerprint density at radius 2 is 2.27 bits per heavy atom. The molecule has 4 heteroatoms. The summed E-state index contributed by atoms with van der Waals surface area (Å²) in [5.74, 6) is -0.393. The molecule has 1 aromatic heterocycles. The maximum absolute atomic E-state index is 11.1. The molecule has 0 radical (unpaired) electrons. The number of ketones is 1. The molecule has 0 aromatic carbocycles. The molecule has 0 aliphatic heterocycles. The number of H-pyrrole nitrogens is 1. The van der Waals surface area contributed by atoms with E-state index in [1.54, 1.807) is 23.8 Å². The van der Waals surface area contributed by atoms with Crippen LogP contribution in [0.4, 0.5) is 0 Å². The molecule has 0 spiro atoms. The number of nitrogens with one attached hydrogen (secondary N) is 1. The number of hydrogen-bond donors (Lipinski definition) is 1. The number of aromatic amines is 1. The Morgan fingerprint density at radius 1 is 1.55 bits per heavy atom. The van der Waals surface area contributed by atoms with Gasteiger partial charge in [0.1, 0.15) is 0 Å². The van der Waals surface area contributed by atoms with Crippen molar-refractivity contribution in [1.82, 2.24) is 4.98 Å². The molecule has 11 heavy (non-hydrogen) atoms. The van der Waals surface area contributed by atoms with Crippen LogP contribution in [0.3, 0.4) is 0 Å². The van der Waals surface area contributed by atoms with Crippen LogP contribution in [0.15, 0.2) is 18.3 Å². The van der Waals surface area contributed by atoms with Crippen LogP contribution >= 0.6 is 0 Å². The molecule has 1 N–H and O–H groups in total. The molecule has 1 aromatic rings. The molecule has 0 unspecified atom stereocenters. The number of Topliss-reactive ketones (excluding diaryl/α,β-unsaturated/α-hetero) is 1. The van der Waals surface area contributed by atoms with E-state index >= 15 is 0 Å². The van der Waals surface area contributed by atoms with Gasteiger partial charge in [-0.25, -0.2) is 0 Å². The number of carbonyl (C=O) groups is 2. The molecule has 0 bridgehead atoms. The Kier molecular flexibility index (Phi) is 2.72. The summed E-state index contributed by atoms with van der Waals surface area (Å²) in [6.45, 7) is 0. The molecule has 0 aliphatic carbocycles. The van der Waals surface area contributed by atoms with Crippen LogP contribution in [0.25, 0.3) is 0 Å². The molecule has 60 valence electrons. The molecule has 0 saturated carbocycles. The Balaban J connectivity index is 2.79. The zero-order chi connectivity index (χ0) is 8.27. The zero-order valence-electron chi connectivity index (χ0n) is 5.90. The molecular formula is C7H7NO2Ru. The predicted molar refractivity (Wildman–Crippen MR) is 36.0 cm³/mol. The molecule has 0 aliphatic rings. The van der Waals surface area contributed by atoms with Crippen LogP contribution in [0.1, 0.15) is 10.5 Å². The number of hydrogen-bond acceptors (Lipinski definition) is 2. The Labute approximate surface area is 71.8 Å². The van der Waals surface area contributed by atoms with Crippen molar-refractivity contribution in [3.8, 4) is 0 Å². The van der Waals surface area contributed by atoms with E-state index in [0.29, 0.717) is 5.69 Å². The first-order chi connectivity index (χ1) is 5.25. The Bertz CT molecular complexity index is 266. The minimum absolute atomic E-state index is 0.264. The second-order valence-corrected chi connectivity index (χ2v) is 3.51. The van der Waals surface area contributed by atoms with Gasteiger partial charge in [0.15, 0.2) is 0 Å². The SMILES string of the molecule is [CH3][Ru][C](=O)C(=O)c1ccc[nH]1. The first-order valence-corrected chi connectivity index (χ1v) is 5.54. The molecule has 0 atom stereocenters. The monoisotopic (exact) mass is 239 g/mol. The van der Waals surface area contributed by atoms with Crippen molar-refractivity contribution >= 4 is 10.2 Å². The van der Waals surface area contributed by atoms with Crippen molar-refractivity contribution < 1.29 is 26.7 Å². The van der Waals surface area contributed by atoms with E-state index < -0.39 is 22.9 Å². The quantitative estimate of drug-likeness (QED) is 0.482. The number of aromatic nitrogens is 1. The third kappa shape index (κ3) is 1.84. The molecule has 1 heterocycles. The van der Waals surface area contributed by atoms with Crippen LogP contribution in [0, 0.1) is 0 Å². The van der Waals surface area contributed by atoms with E-state index in [2.05, 4.69) is 4.98 Å². The van der Waals surface area contributed by atoms with Gasteiger partial charge in [-0.1, -0.05) is 0 Å². The van der Waals surface area contributed by atoms with E-state index in [-0.39, 0.29) is 4.38 Å². The summed E-state index contributed by atoms with van der Waals surface area (Å²) in [6, 6.07) is 3.31. The van der Waals surface area contributed by atoms with Gasteiger partial charge in [-0.3, -0.25) is 0 Å². The Morgan fingerprint density at radius 3 is 2.73 bits per heavy atom. The van der Waals surface area contributed by atoms with Gasteiger partial charge in [-0.05, 0) is 0 Å². The average molecular weight is 238 g/mol. The van der Waals surface area contributed by atoms with Gasteiger partial charge in [0, 0.05) is 0 Å². The maximum atomic E-state index is 11.1. The first-order valence-electron chi connectivity index (χ1n) is 2.93. The second kappa shape index (κ2) is 3.58. The fourth-order valence-corrected chi connectivity index (χ4v) is 1.28. The third-order valence-corrected chi connectivity index (χ3v) is 2.36. The van der Waals surface area contributed by atoms with E-state index in [4.69, 9.17) is 0 Å².